The van der Waals surface area contributed by atoms with Gasteiger partial charge >= 0.3 is 5.97 Å². The fraction of sp³-hybridized carbons (Fsp3) is 0.740. The van der Waals surface area contributed by atoms with Crippen LogP contribution >= 0.6 is 23.0 Å². The van der Waals surface area contributed by atoms with E-state index in [0.717, 1.165) is 24.8 Å². The Kier molecular flexibility index (Phi) is 21.5. The van der Waals surface area contributed by atoms with Crippen molar-refractivity contribution in [2.24, 2.45) is 35.5 Å². The zero-order valence-corrected chi connectivity index (χ0v) is 41.8. The van der Waals surface area contributed by atoms with Crippen LogP contribution in [0.3, 0.4) is 0 Å². The molecule has 0 spiro atoms. The minimum absolute atomic E-state index is 0.0394. The second kappa shape index (κ2) is 25.5. The molecular formula is C50H76INO12. The Balaban J connectivity index is 1.67. The van der Waals surface area contributed by atoms with E-state index in [1.54, 1.807) is 34.0 Å². The Bertz CT molecular complexity index is 1730. The molecule has 0 radical (unpaired) electrons. The second-order valence-corrected chi connectivity index (χ2v) is 19.8. The third kappa shape index (κ3) is 14.5. The molecule has 13 nitrogen and oxygen atoms in total. The van der Waals surface area contributed by atoms with E-state index in [1.165, 1.54) is 12.0 Å². The summed E-state index contributed by atoms with van der Waals surface area (Å²) in [6.45, 7) is 13.0. The normalized spacial score (nSPS) is 39.7. The number of methoxy groups -OCH3 is 2. The lowest BCUT2D eigenvalue weighted by atomic mass is 9.78. The first-order valence-corrected chi connectivity index (χ1v) is 24.4. The molecule has 4 aliphatic rings. The summed E-state index contributed by atoms with van der Waals surface area (Å²) in [5.74, 6) is -7.42. The van der Waals surface area contributed by atoms with E-state index in [9.17, 15) is 34.2 Å². The number of carbonyl (C=O) groups is 5. The molecule has 3 heterocycles. The summed E-state index contributed by atoms with van der Waals surface area (Å²) < 4.78 is 29.4. The molecule has 3 fully saturated rings. The van der Waals surface area contributed by atoms with Gasteiger partial charge in [-0.2, -0.15) is 0 Å². The van der Waals surface area contributed by atoms with Crippen molar-refractivity contribution in [1.82, 2.24) is 4.90 Å². The number of hydrogen-bond acceptors (Lipinski definition) is 12. The van der Waals surface area contributed by atoms with Gasteiger partial charge in [0.2, 0.25) is 5.79 Å². The molecule has 2 saturated heterocycles. The van der Waals surface area contributed by atoms with Crippen LogP contribution in [0.15, 0.2) is 47.6 Å². The molecular weight excluding hydrogens is 933 g/mol. The molecule has 0 unspecified atom stereocenters. The first kappa shape index (κ1) is 54.0. The van der Waals surface area contributed by atoms with Crippen LogP contribution in [0.2, 0.25) is 0 Å². The van der Waals surface area contributed by atoms with E-state index >= 15 is 0 Å². The summed E-state index contributed by atoms with van der Waals surface area (Å²) in [6.07, 6.45) is 14.6. The Hall–Kier alpha value is -2.60. The smallest absolute Gasteiger partial charge is 0.329 e. The van der Waals surface area contributed by atoms with Gasteiger partial charge in [0.1, 0.15) is 53.1 Å². The zero-order valence-electron chi connectivity index (χ0n) is 39.7. The number of fused-ring (bicyclic) bond motifs is 3. The number of nitrogens with zero attached hydrogens (tertiary/aromatic N) is 1. The number of ketones is 3. The van der Waals surface area contributed by atoms with Gasteiger partial charge in [0, 0.05) is 44.9 Å². The molecule has 2 N–H and O–H groups in total. The summed E-state index contributed by atoms with van der Waals surface area (Å²) >= 11 is 1.91. The van der Waals surface area contributed by atoms with Crippen molar-refractivity contribution in [3.8, 4) is 0 Å². The van der Waals surface area contributed by atoms with E-state index in [1.807, 2.05) is 81.1 Å². The van der Waals surface area contributed by atoms with Crippen LogP contribution in [0.4, 0.5) is 0 Å². The first-order chi connectivity index (χ1) is 30.3. The maximum Gasteiger partial charge on any atom is 0.329 e. The molecule has 2 bridgehead atoms. The minimum atomic E-state index is -2.35. The van der Waals surface area contributed by atoms with E-state index in [4.69, 9.17) is 22.0 Å². The fourth-order valence-corrected chi connectivity index (χ4v) is 10.5. The minimum Gasteiger partial charge on any atom is -0.460 e. The average Bonchev–Trinajstić information content (AvgIpc) is 3.27. The van der Waals surface area contributed by atoms with Crippen LogP contribution in [-0.4, -0.2) is 114 Å². The Morgan fingerprint density at radius 1 is 0.906 bits per heavy atom. The number of hydrogen-bond donors (Lipinski definition) is 2. The highest BCUT2D eigenvalue weighted by atomic mass is 127. The highest BCUT2D eigenvalue weighted by Crippen LogP contribution is 2.38. The highest BCUT2D eigenvalue weighted by Gasteiger charge is 2.53. The van der Waals surface area contributed by atoms with Crippen LogP contribution in [-0.2, 0) is 46.0 Å². The van der Waals surface area contributed by atoms with Crippen molar-refractivity contribution in [2.45, 2.75) is 180 Å². The summed E-state index contributed by atoms with van der Waals surface area (Å²) in [7, 11) is 3.06. The lowest BCUT2D eigenvalue weighted by Crippen LogP contribution is -2.60. The number of cyclic esters (lactones) is 1. The summed E-state index contributed by atoms with van der Waals surface area (Å²) in [4.78, 5) is 71.7. The van der Waals surface area contributed by atoms with Gasteiger partial charge in [-0.05, 0) is 114 Å². The number of halogens is 1. The fourth-order valence-electron chi connectivity index (χ4n) is 9.91. The molecule has 0 aromatic heterocycles. The quantitative estimate of drug-likeness (QED) is 0.114. The first-order valence-electron chi connectivity index (χ1n) is 23.6. The Morgan fingerprint density at radius 3 is 2.33 bits per heavy atom. The van der Waals surface area contributed by atoms with Crippen molar-refractivity contribution in [3.05, 3.63) is 47.6 Å². The molecule has 4 rings (SSSR count). The monoisotopic (exact) mass is 1010 g/mol. The molecule has 0 aromatic rings. The molecule has 14 heteroatoms. The lowest BCUT2D eigenvalue weighted by molar-refractivity contribution is -0.263. The Labute approximate surface area is 395 Å². The number of piperidine rings is 1. The average molecular weight is 1010 g/mol. The number of aliphatic hydroxyl groups is 2. The number of carbonyl (C=O) groups excluding carboxylic acids is 5. The van der Waals surface area contributed by atoms with E-state index in [0.29, 0.717) is 56.9 Å². The summed E-state index contributed by atoms with van der Waals surface area (Å²) in [6, 6.07) is -1.10. The standard InChI is InChI=1S/C50H76INO12/c1-30-15-11-10-12-16-31(2)25-34(5)44(54)46(61-9)45(55)35(6)26-32(3)40(53)29-42(33(4)27-37-20-23-41(64-51)43(28-37)60-8)62-49(58)39-17-13-14-24-52(39)48(57)47(56)50(59)36(7)19-22-38(63-50)21-18-30/h10-12,15-16,26,31-34,36-39,41-43,45-46,55,59H,13-14,17-25,27-29H2,1-9H3/b11-10+,16-12+,30-15+,35-26+/t31-,32-,33-,34-,36-,37+,38-,39+,41-,42+,43-,45-,46+,50-/m1/s1. The van der Waals surface area contributed by atoms with Gasteiger partial charge in [-0.1, -0.05) is 76.6 Å². The third-order valence-electron chi connectivity index (χ3n) is 14.2. The van der Waals surface area contributed by atoms with Crippen LogP contribution in [0, 0.1) is 35.5 Å². The molecule has 64 heavy (non-hydrogen) atoms. The van der Waals surface area contributed by atoms with Gasteiger partial charge < -0.3 is 37.1 Å². The third-order valence-corrected chi connectivity index (χ3v) is 14.8. The number of Topliss-reactive ketones (excluding diaryl/α,β-unsaturated/α-hetero) is 3. The summed E-state index contributed by atoms with van der Waals surface area (Å²) in [5, 5.41) is 23.3. The van der Waals surface area contributed by atoms with E-state index < -0.39 is 71.7 Å². The van der Waals surface area contributed by atoms with Crippen LogP contribution in [0.1, 0.15) is 132 Å². The molecule has 14 atom stereocenters. The lowest BCUT2D eigenvalue weighted by Gasteiger charge is -2.42. The number of ether oxygens (including phenoxy) is 4. The second-order valence-electron chi connectivity index (χ2n) is 19.3. The number of amides is 1. The van der Waals surface area contributed by atoms with Crippen molar-refractivity contribution >= 4 is 52.2 Å². The molecule has 360 valence electrons. The number of esters is 1. The summed E-state index contributed by atoms with van der Waals surface area (Å²) in [5.41, 5.74) is 1.48. The largest absolute Gasteiger partial charge is 0.460 e. The number of aliphatic hydroxyl groups excluding tert-OH is 1. The maximum atomic E-state index is 14.4. The van der Waals surface area contributed by atoms with Gasteiger partial charge in [-0.15, -0.1) is 0 Å². The molecule has 1 aliphatic carbocycles. The van der Waals surface area contributed by atoms with Gasteiger partial charge in [-0.25, -0.2) is 4.79 Å². The molecule has 1 saturated carbocycles. The van der Waals surface area contributed by atoms with E-state index in [-0.39, 0.29) is 60.9 Å². The molecule has 1 amide bonds. The predicted octanol–water partition coefficient (Wildman–Crippen LogP) is 7.93. The van der Waals surface area contributed by atoms with E-state index in [2.05, 4.69) is 0 Å². The Morgan fingerprint density at radius 2 is 1.64 bits per heavy atom. The van der Waals surface area contributed by atoms with Crippen molar-refractivity contribution < 1.29 is 56.2 Å². The van der Waals surface area contributed by atoms with Gasteiger partial charge in [0.05, 0.1) is 18.3 Å². The van der Waals surface area contributed by atoms with Gasteiger partial charge in [0.25, 0.3) is 11.7 Å². The highest BCUT2D eigenvalue weighted by molar-refractivity contribution is 14.1. The predicted molar refractivity (Wildman–Crippen MR) is 252 cm³/mol. The SMILES string of the molecule is CO[C@@H]1C[C@H](C[C@@H](C)[C@@H]2CC(=O)[C@H](C)/C=C(\C)[C@@H](O)[C@@H](OC)C(=O)[C@H](C)C[C@H](C)/C=C/C=C/C=C(\C)CC[C@@H]3CC[C@@H](C)[C@@](O)(O3)C(=O)C(=O)N3CCCC[C@H]3C(=O)O2)CC[C@H]1OI. The van der Waals surface area contributed by atoms with Gasteiger partial charge in [-0.3, -0.25) is 19.2 Å². The maximum absolute atomic E-state index is 14.4. The van der Waals surface area contributed by atoms with Crippen LogP contribution < -0.4 is 0 Å². The number of rotatable bonds is 6. The van der Waals surface area contributed by atoms with Crippen LogP contribution in [0.25, 0.3) is 0 Å². The topological polar surface area (TPSA) is 175 Å². The molecule has 3 aliphatic heterocycles. The molecule has 0 aromatic carbocycles. The number of allylic oxidation sites excluding steroid dienone is 7. The zero-order chi connectivity index (χ0) is 47.3. The van der Waals surface area contributed by atoms with Crippen molar-refractivity contribution in [2.75, 3.05) is 20.8 Å². The van der Waals surface area contributed by atoms with Crippen LogP contribution in [0.5, 0.6) is 0 Å². The van der Waals surface area contributed by atoms with Gasteiger partial charge in [0.15, 0.2) is 5.78 Å². The van der Waals surface area contributed by atoms with Crippen molar-refractivity contribution in [1.29, 1.82) is 0 Å². The van der Waals surface area contributed by atoms with Crippen molar-refractivity contribution in [3.63, 3.8) is 0 Å².